The van der Waals surface area contributed by atoms with Gasteiger partial charge in [-0.1, -0.05) is 12.1 Å². The molecule has 1 aliphatic rings. The third kappa shape index (κ3) is 1.67. The van der Waals surface area contributed by atoms with E-state index < -0.39 is 0 Å². The number of hydrogen-bond acceptors (Lipinski definition) is 3. The maximum Gasteiger partial charge on any atom is 0.227 e. The summed E-state index contributed by atoms with van der Waals surface area (Å²) in [6.45, 7) is 8.21. The smallest absolute Gasteiger partial charge is 0.227 e. The minimum Gasteiger partial charge on any atom is -0.438 e. The third-order valence-electron chi connectivity index (χ3n) is 5.19. The van der Waals surface area contributed by atoms with Gasteiger partial charge in [-0.15, -0.1) is 9.36 Å². The van der Waals surface area contributed by atoms with Crippen molar-refractivity contribution < 1.29 is 9.10 Å². The van der Waals surface area contributed by atoms with Gasteiger partial charge in [0.2, 0.25) is 17.6 Å². The van der Waals surface area contributed by atoms with Crippen LogP contribution in [-0.4, -0.2) is 9.67 Å². The molecule has 0 unspecified atom stereocenters. The van der Waals surface area contributed by atoms with Crippen molar-refractivity contribution in [2.24, 2.45) is 0 Å². The van der Waals surface area contributed by atoms with E-state index in [-0.39, 0.29) is 0 Å². The van der Waals surface area contributed by atoms with Crippen LogP contribution in [0.3, 0.4) is 0 Å². The number of nitriles is 1. The van der Waals surface area contributed by atoms with Gasteiger partial charge in [0.05, 0.1) is 23.6 Å². The Morgan fingerprint density at radius 2 is 2.15 bits per heavy atom. The van der Waals surface area contributed by atoms with Crippen LogP contribution in [0.25, 0.3) is 43.5 Å². The summed E-state index contributed by atoms with van der Waals surface area (Å²) in [6.07, 6.45) is 3.67. The normalized spacial score (nSPS) is 12.2. The highest BCUT2D eigenvalue weighted by molar-refractivity contribution is 6.05. The van der Waals surface area contributed by atoms with Crippen molar-refractivity contribution in [1.82, 2.24) is 9.67 Å². The van der Waals surface area contributed by atoms with E-state index in [0.29, 0.717) is 23.5 Å². The van der Waals surface area contributed by atoms with Crippen LogP contribution >= 0.6 is 0 Å². The summed E-state index contributed by atoms with van der Waals surface area (Å²) in [4.78, 5) is 7.97. The van der Waals surface area contributed by atoms with Gasteiger partial charge in [-0.25, -0.2) is 9.83 Å². The topological polar surface area (TPSA) is 63.0 Å². The van der Waals surface area contributed by atoms with Crippen LogP contribution in [0.2, 0.25) is 0 Å². The third-order valence-corrected chi connectivity index (χ3v) is 5.19. The summed E-state index contributed by atoms with van der Waals surface area (Å²) in [6, 6.07) is 13.7. The molecule has 0 N–H and O–H groups in total. The Labute approximate surface area is 152 Å². The Morgan fingerprint density at radius 1 is 1.22 bits per heavy atom. The Kier molecular flexibility index (Phi) is 2.46. The molecule has 0 atom stereocenters. The van der Waals surface area contributed by atoms with Crippen molar-refractivity contribution in [2.45, 2.75) is 6.54 Å². The standard InChI is InChI=1S/C21H10N5O/c1-23-17-5-4-12(9-22)16-11-25-10-13-7-15-14-3-2-6-24-21(14)27-19(15)8-18(13)26(25)20(16)17/h2-8,11H,10H2/q+1. The average Bonchev–Trinajstić information content (AvgIpc) is 3.34. The molecule has 6 heteroatoms. The first-order chi connectivity index (χ1) is 13.3. The monoisotopic (exact) mass is 348 g/mol. The molecule has 124 valence electrons. The van der Waals surface area contributed by atoms with Gasteiger partial charge in [-0.3, -0.25) is 0 Å². The summed E-state index contributed by atoms with van der Waals surface area (Å²) in [5.41, 5.74) is 5.36. The van der Waals surface area contributed by atoms with E-state index in [1.807, 2.05) is 33.8 Å². The molecule has 1 aliphatic heterocycles. The molecule has 0 amide bonds. The van der Waals surface area contributed by atoms with Gasteiger partial charge >= 0.3 is 0 Å². The lowest BCUT2D eigenvalue weighted by atomic mass is 10.1. The first-order valence-electron chi connectivity index (χ1n) is 8.45. The summed E-state index contributed by atoms with van der Waals surface area (Å²) in [5.74, 6) is 0. The summed E-state index contributed by atoms with van der Waals surface area (Å²) in [7, 11) is 0. The molecule has 0 saturated carbocycles. The lowest BCUT2D eigenvalue weighted by molar-refractivity contribution is -0.749. The van der Waals surface area contributed by atoms with Crippen molar-refractivity contribution in [3.05, 3.63) is 71.3 Å². The van der Waals surface area contributed by atoms with E-state index in [0.717, 1.165) is 38.5 Å². The molecular formula is C21H10N5O+. The average molecular weight is 348 g/mol. The van der Waals surface area contributed by atoms with Gasteiger partial charge in [0.15, 0.2) is 6.54 Å². The summed E-state index contributed by atoms with van der Waals surface area (Å²) < 4.78 is 9.99. The molecule has 27 heavy (non-hydrogen) atoms. The van der Waals surface area contributed by atoms with Gasteiger partial charge in [0.25, 0.3) is 0 Å². The zero-order chi connectivity index (χ0) is 18.1. The van der Waals surface area contributed by atoms with Crippen molar-refractivity contribution in [3.63, 3.8) is 0 Å². The number of benzene rings is 2. The molecule has 6 rings (SSSR count). The zero-order valence-corrected chi connectivity index (χ0v) is 14.0. The Hall–Kier alpha value is -4.16. The number of fused-ring (bicyclic) bond motifs is 8. The molecule has 0 bridgehead atoms. The highest BCUT2D eigenvalue weighted by Gasteiger charge is 2.31. The molecule has 3 aromatic heterocycles. The van der Waals surface area contributed by atoms with Gasteiger partial charge < -0.3 is 4.42 Å². The molecule has 0 spiro atoms. The number of furan rings is 1. The van der Waals surface area contributed by atoms with E-state index in [4.69, 9.17) is 11.0 Å². The summed E-state index contributed by atoms with van der Waals surface area (Å²) >= 11 is 0. The van der Waals surface area contributed by atoms with Crippen LogP contribution in [0, 0.1) is 17.9 Å². The molecule has 6 nitrogen and oxygen atoms in total. The van der Waals surface area contributed by atoms with Crippen LogP contribution in [0.1, 0.15) is 11.1 Å². The SMILES string of the molecule is [C-]#[N+]c1ccc(C#N)c2c[n+]3n(c12)-c1cc2oc4ncccc4c2cc1C3. The molecule has 5 aromatic rings. The fraction of sp³-hybridized carbons (Fsp3) is 0.0476. The highest BCUT2D eigenvalue weighted by atomic mass is 16.3. The summed E-state index contributed by atoms with van der Waals surface area (Å²) in [5, 5.41) is 12.3. The van der Waals surface area contributed by atoms with Crippen molar-refractivity contribution in [2.75, 3.05) is 0 Å². The van der Waals surface area contributed by atoms with Gasteiger partial charge in [0.1, 0.15) is 16.8 Å². The van der Waals surface area contributed by atoms with Gasteiger partial charge in [0, 0.05) is 28.6 Å². The van der Waals surface area contributed by atoms with Crippen LogP contribution < -0.4 is 4.68 Å². The van der Waals surface area contributed by atoms with E-state index in [2.05, 4.69) is 22.0 Å². The van der Waals surface area contributed by atoms with E-state index in [1.54, 1.807) is 18.3 Å². The van der Waals surface area contributed by atoms with Crippen molar-refractivity contribution >= 4 is 38.7 Å². The molecule has 4 heterocycles. The number of rotatable bonds is 0. The second-order valence-corrected chi connectivity index (χ2v) is 6.59. The first kappa shape index (κ1) is 14.1. The molecular weight excluding hydrogens is 338 g/mol. The van der Waals surface area contributed by atoms with Crippen LogP contribution in [0.15, 0.2) is 53.2 Å². The number of pyridine rings is 1. The second kappa shape index (κ2) is 4.72. The van der Waals surface area contributed by atoms with Crippen molar-refractivity contribution in [3.8, 4) is 11.8 Å². The Morgan fingerprint density at radius 3 is 3.00 bits per heavy atom. The maximum atomic E-state index is 9.44. The lowest BCUT2D eigenvalue weighted by Crippen LogP contribution is -2.36. The molecule has 0 radical (unpaired) electrons. The minimum atomic E-state index is 0.530. The second-order valence-electron chi connectivity index (χ2n) is 6.59. The number of nitrogens with zero attached hydrogens (tertiary/aromatic N) is 5. The van der Waals surface area contributed by atoms with Crippen LogP contribution in [-0.2, 0) is 6.54 Å². The quantitative estimate of drug-likeness (QED) is 0.308. The fourth-order valence-corrected chi connectivity index (χ4v) is 4.04. The molecule has 0 saturated heterocycles. The zero-order valence-electron chi connectivity index (χ0n) is 14.0. The van der Waals surface area contributed by atoms with Gasteiger partial charge in [-0.05, 0) is 18.2 Å². The van der Waals surface area contributed by atoms with Crippen LogP contribution in [0.4, 0.5) is 5.69 Å². The van der Waals surface area contributed by atoms with E-state index in [1.165, 1.54) is 0 Å². The van der Waals surface area contributed by atoms with Crippen LogP contribution in [0.5, 0.6) is 0 Å². The Balaban J connectivity index is 1.73. The van der Waals surface area contributed by atoms with Crippen molar-refractivity contribution in [1.29, 1.82) is 5.26 Å². The predicted molar refractivity (Wildman–Crippen MR) is 98.6 cm³/mol. The largest absolute Gasteiger partial charge is 0.438 e. The molecule has 0 fully saturated rings. The molecule has 2 aromatic carbocycles. The van der Waals surface area contributed by atoms with E-state index in [9.17, 15) is 5.26 Å². The number of hydrogen-bond donors (Lipinski definition) is 0. The van der Waals surface area contributed by atoms with E-state index >= 15 is 0 Å². The first-order valence-corrected chi connectivity index (χ1v) is 8.45. The minimum absolute atomic E-state index is 0.530. The maximum absolute atomic E-state index is 9.44. The number of aromatic nitrogens is 3. The predicted octanol–water partition coefficient (Wildman–Crippen LogP) is 4.00. The molecule has 0 aliphatic carbocycles. The van der Waals surface area contributed by atoms with Gasteiger partial charge in [-0.2, -0.15) is 5.26 Å². The fourth-order valence-electron chi connectivity index (χ4n) is 4.04. The lowest BCUT2D eigenvalue weighted by Gasteiger charge is -2.01. The Bertz CT molecular complexity index is 1520. The highest BCUT2D eigenvalue weighted by Crippen LogP contribution is 2.36.